The van der Waals surface area contributed by atoms with E-state index in [2.05, 4.69) is 42.0 Å². The summed E-state index contributed by atoms with van der Waals surface area (Å²) in [6, 6.07) is 6.83. The van der Waals surface area contributed by atoms with Crippen molar-refractivity contribution in [3.05, 3.63) is 28.7 Å². The molecule has 1 heterocycles. The first-order valence-electron chi connectivity index (χ1n) is 7.10. The van der Waals surface area contributed by atoms with E-state index in [-0.39, 0.29) is 18.4 Å². The Morgan fingerprint density at radius 2 is 2.00 bits per heavy atom. The second-order valence-electron chi connectivity index (χ2n) is 4.83. The SMILES string of the molecule is CCNC(=O)[C@H](C)NC(=O)Cn1nnc(-c2ccc(Br)cc2)n1. The minimum atomic E-state index is -0.614. The van der Waals surface area contributed by atoms with Gasteiger partial charge in [0.15, 0.2) is 0 Å². The molecule has 1 aromatic carbocycles. The Kier molecular flexibility index (Phi) is 5.80. The number of hydrogen-bond acceptors (Lipinski definition) is 5. The molecular formula is C14H17BrN6O2. The van der Waals surface area contributed by atoms with Crippen LogP contribution in [0.3, 0.4) is 0 Å². The lowest BCUT2D eigenvalue weighted by atomic mass is 10.2. The second kappa shape index (κ2) is 7.82. The van der Waals surface area contributed by atoms with Crippen LogP contribution in [-0.4, -0.2) is 44.6 Å². The fourth-order valence-corrected chi connectivity index (χ4v) is 2.10. The zero-order valence-electron chi connectivity index (χ0n) is 12.8. The van der Waals surface area contributed by atoms with Crippen LogP contribution in [0.4, 0.5) is 0 Å². The van der Waals surface area contributed by atoms with Crippen molar-refractivity contribution in [3.8, 4) is 11.4 Å². The highest BCUT2D eigenvalue weighted by molar-refractivity contribution is 9.10. The largest absolute Gasteiger partial charge is 0.355 e. The van der Waals surface area contributed by atoms with E-state index in [1.807, 2.05) is 31.2 Å². The highest BCUT2D eigenvalue weighted by Gasteiger charge is 2.16. The van der Waals surface area contributed by atoms with Gasteiger partial charge in [0.1, 0.15) is 12.6 Å². The first kappa shape index (κ1) is 17.1. The van der Waals surface area contributed by atoms with E-state index in [0.29, 0.717) is 12.4 Å². The van der Waals surface area contributed by atoms with Gasteiger partial charge in [0.05, 0.1) is 0 Å². The Bertz CT molecular complexity index is 685. The van der Waals surface area contributed by atoms with Gasteiger partial charge in [0.25, 0.3) is 0 Å². The van der Waals surface area contributed by atoms with Crippen LogP contribution in [0.25, 0.3) is 11.4 Å². The van der Waals surface area contributed by atoms with Crippen molar-refractivity contribution in [2.75, 3.05) is 6.54 Å². The summed E-state index contributed by atoms with van der Waals surface area (Å²) in [4.78, 5) is 24.7. The smallest absolute Gasteiger partial charge is 0.244 e. The molecule has 0 unspecified atom stereocenters. The molecule has 0 aliphatic heterocycles. The summed E-state index contributed by atoms with van der Waals surface area (Å²) in [5, 5.41) is 17.1. The normalized spacial score (nSPS) is 11.8. The third-order valence-corrected chi connectivity index (χ3v) is 3.49. The summed E-state index contributed by atoms with van der Waals surface area (Å²) >= 11 is 3.35. The maximum Gasteiger partial charge on any atom is 0.244 e. The van der Waals surface area contributed by atoms with E-state index >= 15 is 0 Å². The number of likely N-dealkylation sites (N-methyl/N-ethyl adjacent to an activating group) is 1. The first-order valence-corrected chi connectivity index (χ1v) is 7.89. The van der Waals surface area contributed by atoms with Gasteiger partial charge in [0, 0.05) is 16.6 Å². The summed E-state index contributed by atoms with van der Waals surface area (Å²) < 4.78 is 0.951. The molecule has 0 radical (unpaired) electrons. The molecule has 2 N–H and O–H groups in total. The van der Waals surface area contributed by atoms with Crippen LogP contribution in [0.5, 0.6) is 0 Å². The molecule has 0 spiro atoms. The standard InChI is InChI=1S/C14H17BrN6O2/c1-3-16-14(23)9(2)17-12(22)8-21-19-13(18-20-21)10-4-6-11(15)7-5-10/h4-7,9H,3,8H2,1-2H3,(H,16,23)(H,17,22)/t9-/m0/s1. The number of nitrogens with one attached hydrogen (secondary N) is 2. The van der Waals surface area contributed by atoms with E-state index < -0.39 is 6.04 Å². The van der Waals surface area contributed by atoms with Crippen molar-refractivity contribution in [3.63, 3.8) is 0 Å². The van der Waals surface area contributed by atoms with Gasteiger partial charge < -0.3 is 10.6 Å². The molecule has 0 aliphatic rings. The van der Waals surface area contributed by atoms with Gasteiger partial charge in [-0.05, 0) is 43.3 Å². The van der Waals surface area contributed by atoms with Gasteiger partial charge >= 0.3 is 0 Å². The number of benzene rings is 1. The average Bonchev–Trinajstić information content (AvgIpc) is 2.96. The maximum atomic E-state index is 11.9. The average molecular weight is 381 g/mol. The number of aromatic nitrogens is 4. The highest BCUT2D eigenvalue weighted by atomic mass is 79.9. The van der Waals surface area contributed by atoms with Gasteiger partial charge in [-0.15, -0.1) is 10.2 Å². The summed E-state index contributed by atoms with van der Waals surface area (Å²) in [6.45, 7) is 3.84. The van der Waals surface area contributed by atoms with Gasteiger partial charge in [-0.2, -0.15) is 4.80 Å². The van der Waals surface area contributed by atoms with Gasteiger partial charge in [0.2, 0.25) is 17.6 Å². The van der Waals surface area contributed by atoms with Gasteiger partial charge in [-0.3, -0.25) is 9.59 Å². The molecule has 0 aliphatic carbocycles. The number of rotatable bonds is 6. The molecule has 0 saturated heterocycles. The third-order valence-electron chi connectivity index (χ3n) is 2.96. The maximum absolute atomic E-state index is 11.9. The second-order valence-corrected chi connectivity index (χ2v) is 5.75. The Morgan fingerprint density at radius 1 is 1.30 bits per heavy atom. The van der Waals surface area contributed by atoms with Crippen LogP contribution in [-0.2, 0) is 16.1 Å². The molecule has 0 bridgehead atoms. The fourth-order valence-electron chi connectivity index (χ4n) is 1.83. The number of nitrogens with zero attached hydrogens (tertiary/aromatic N) is 4. The lowest BCUT2D eigenvalue weighted by Crippen LogP contribution is -2.45. The van der Waals surface area contributed by atoms with Crippen molar-refractivity contribution < 1.29 is 9.59 Å². The number of halogens is 1. The topological polar surface area (TPSA) is 102 Å². The fraction of sp³-hybridized carbons (Fsp3) is 0.357. The van der Waals surface area contributed by atoms with Crippen LogP contribution in [0.1, 0.15) is 13.8 Å². The lowest BCUT2D eigenvalue weighted by molar-refractivity contribution is -0.129. The molecular weight excluding hydrogens is 364 g/mol. The van der Waals surface area contributed by atoms with Crippen LogP contribution in [0.2, 0.25) is 0 Å². The minimum Gasteiger partial charge on any atom is -0.355 e. The van der Waals surface area contributed by atoms with E-state index in [4.69, 9.17) is 0 Å². The molecule has 23 heavy (non-hydrogen) atoms. The molecule has 2 amide bonds. The van der Waals surface area contributed by atoms with Crippen LogP contribution >= 0.6 is 15.9 Å². The number of hydrogen-bond donors (Lipinski definition) is 2. The Hall–Kier alpha value is -2.29. The monoisotopic (exact) mass is 380 g/mol. The zero-order valence-corrected chi connectivity index (χ0v) is 14.4. The van der Waals surface area contributed by atoms with Crippen molar-refractivity contribution in [1.29, 1.82) is 0 Å². The van der Waals surface area contributed by atoms with E-state index in [1.54, 1.807) is 6.92 Å². The number of carbonyl (C=O) groups is 2. The van der Waals surface area contributed by atoms with Crippen LogP contribution < -0.4 is 10.6 Å². The van der Waals surface area contributed by atoms with Crippen molar-refractivity contribution in [1.82, 2.24) is 30.8 Å². The van der Waals surface area contributed by atoms with Crippen molar-refractivity contribution in [2.24, 2.45) is 0 Å². The molecule has 122 valence electrons. The molecule has 2 aromatic rings. The first-order chi connectivity index (χ1) is 11.0. The van der Waals surface area contributed by atoms with Crippen molar-refractivity contribution in [2.45, 2.75) is 26.4 Å². The zero-order chi connectivity index (χ0) is 16.8. The van der Waals surface area contributed by atoms with Gasteiger partial charge in [-0.1, -0.05) is 15.9 Å². The van der Waals surface area contributed by atoms with E-state index in [1.165, 1.54) is 4.80 Å². The van der Waals surface area contributed by atoms with Crippen LogP contribution in [0.15, 0.2) is 28.7 Å². The highest BCUT2D eigenvalue weighted by Crippen LogP contribution is 2.17. The van der Waals surface area contributed by atoms with Crippen LogP contribution in [0, 0.1) is 0 Å². The molecule has 0 saturated carbocycles. The molecule has 2 rings (SSSR count). The Morgan fingerprint density at radius 3 is 2.65 bits per heavy atom. The molecule has 9 heteroatoms. The van der Waals surface area contributed by atoms with Crippen molar-refractivity contribution >= 4 is 27.7 Å². The number of tetrazole rings is 1. The Balaban J connectivity index is 1.95. The summed E-state index contributed by atoms with van der Waals surface area (Å²) in [5.41, 5.74) is 0.801. The Labute approximate surface area is 141 Å². The molecule has 1 aromatic heterocycles. The summed E-state index contributed by atoms with van der Waals surface area (Å²) in [6.07, 6.45) is 0. The van der Waals surface area contributed by atoms with E-state index in [0.717, 1.165) is 10.0 Å². The molecule has 1 atom stereocenters. The number of amides is 2. The molecule has 8 nitrogen and oxygen atoms in total. The lowest BCUT2D eigenvalue weighted by Gasteiger charge is -2.12. The summed E-state index contributed by atoms with van der Waals surface area (Å²) in [7, 11) is 0. The predicted molar refractivity (Wildman–Crippen MR) is 87.2 cm³/mol. The predicted octanol–water partition coefficient (Wildman–Crippen LogP) is 0.743. The third kappa shape index (κ3) is 4.85. The molecule has 0 fully saturated rings. The number of carbonyl (C=O) groups excluding carboxylic acids is 2. The van der Waals surface area contributed by atoms with Gasteiger partial charge in [-0.25, -0.2) is 0 Å². The minimum absolute atomic E-state index is 0.104. The summed E-state index contributed by atoms with van der Waals surface area (Å²) in [5.74, 6) is -0.159. The quantitative estimate of drug-likeness (QED) is 0.769. The van der Waals surface area contributed by atoms with E-state index in [9.17, 15) is 9.59 Å².